The molecule has 0 fully saturated rings. The van der Waals surface area contributed by atoms with E-state index in [2.05, 4.69) is 9.97 Å². The molecule has 0 saturated heterocycles. The Morgan fingerprint density at radius 2 is 2.31 bits per heavy atom. The molecule has 4 heteroatoms. The Morgan fingerprint density at radius 3 is 2.92 bits per heavy atom. The summed E-state index contributed by atoms with van der Waals surface area (Å²) in [5.74, 6) is 0. The zero-order chi connectivity index (χ0) is 9.26. The van der Waals surface area contributed by atoms with Crippen molar-refractivity contribution in [1.82, 2.24) is 9.97 Å². The fourth-order valence-corrected chi connectivity index (χ4v) is 2.13. The van der Waals surface area contributed by atoms with Crippen LogP contribution in [0.3, 0.4) is 0 Å². The van der Waals surface area contributed by atoms with Crippen LogP contribution in [0.2, 0.25) is 5.15 Å². The van der Waals surface area contributed by atoms with Gasteiger partial charge in [-0.25, -0.2) is 4.98 Å². The Kier molecular flexibility index (Phi) is 2.29. The van der Waals surface area contributed by atoms with E-state index in [0.29, 0.717) is 5.15 Å². The monoisotopic (exact) mass is 210 g/mol. The van der Waals surface area contributed by atoms with Crippen LogP contribution in [0.15, 0.2) is 23.8 Å². The van der Waals surface area contributed by atoms with Gasteiger partial charge in [0.15, 0.2) is 0 Å². The van der Waals surface area contributed by atoms with Crippen LogP contribution in [0.1, 0.15) is 5.56 Å². The van der Waals surface area contributed by atoms with Gasteiger partial charge in [0.1, 0.15) is 10.2 Å². The van der Waals surface area contributed by atoms with Gasteiger partial charge in [0.25, 0.3) is 0 Å². The summed E-state index contributed by atoms with van der Waals surface area (Å²) in [6.45, 7) is 2.01. The van der Waals surface area contributed by atoms with Crippen LogP contribution in [-0.4, -0.2) is 9.97 Å². The summed E-state index contributed by atoms with van der Waals surface area (Å²) >= 11 is 7.29. The number of nitrogens with zero attached hydrogens (tertiary/aromatic N) is 2. The van der Waals surface area contributed by atoms with E-state index in [4.69, 9.17) is 11.6 Å². The van der Waals surface area contributed by atoms with Gasteiger partial charge in [-0.2, -0.15) is 0 Å². The Hall–Kier alpha value is -0.930. The lowest BCUT2D eigenvalue weighted by molar-refractivity contribution is 1.26. The Bertz CT molecular complexity index is 425. The molecule has 0 bridgehead atoms. The highest BCUT2D eigenvalue weighted by Crippen LogP contribution is 2.27. The lowest BCUT2D eigenvalue weighted by Gasteiger charge is -1.98. The smallest absolute Gasteiger partial charge is 0.140 e. The summed E-state index contributed by atoms with van der Waals surface area (Å²) in [6.07, 6.45) is 3.59. The second kappa shape index (κ2) is 3.44. The molecule has 0 saturated carbocycles. The van der Waals surface area contributed by atoms with Gasteiger partial charge in [0.05, 0.1) is 0 Å². The zero-order valence-corrected chi connectivity index (χ0v) is 8.56. The normalized spacial score (nSPS) is 10.3. The molecular weight excluding hydrogens is 204 g/mol. The highest BCUT2D eigenvalue weighted by molar-refractivity contribution is 7.13. The molecule has 66 valence electrons. The molecule has 2 nitrogen and oxygen atoms in total. The van der Waals surface area contributed by atoms with Gasteiger partial charge < -0.3 is 0 Å². The molecule has 0 aliphatic carbocycles. The summed E-state index contributed by atoms with van der Waals surface area (Å²) in [5.41, 5.74) is 2.22. The Morgan fingerprint density at radius 1 is 1.46 bits per heavy atom. The molecule has 0 spiro atoms. The average molecular weight is 211 g/mol. The molecule has 0 aliphatic rings. The summed E-state index contributed by atoms with van der Waals surface area (Å²) in [7, 11) is 0. The fraction of sp³-hybridized carbons (Fsp3) is 0.111. The number of hydrogen-bond donors (Lipinski definition) is 0. The zero-order valence-electron chi connectivity index (χ0n) is 6.99. The van der Waals surface area contributed by atoms with E-state index < -0.39 is 0 Å². The molecule has 0 atom stereocenters. The number of aromatic nitrogens is 2. The number of rotatable bonds is 1. The van der Waals surface area contributed by atoms with Gasteiger partial charge in [-0.1, -0.05) is 11.6 Å². The van der Waals surface area contributed by atoms with Gasteiger partial charge in [0, 0.05) is 23.3 Å². The molecule has 0 amide bonds. The van der Waals surface area contributed by atoms with Crippen molar-refractivity contribution >= 4 is 22.9 Å². The van der Waals surface area contributed by atoms with Crippen molar-refractivity contribution in [1.29, 1.82) is 0 Å². The minimum atomic E-state index is 0.552. The van der Waals surface area contributed by atoms with Crippen LogP contribution >= 0.6 is 22.9 Å². The van der Waals surface area contributed by atoms with Crippen LogP contribution in [0.5, 0.6) is 0 Å². The molecule has 2 aromatic heterocycles. The van der Waals surface area contributed by atoms with Crippen LogP contribution in [0.25, 0.3) is 10.6 Å². The topological polar surface area (TPSA) is 25.8 Å². The molecule has 0 aromatic carbocycles. The van der Waals surface area contributed by atoms with Crippen LogP contribution in [0, 0.1) is 6.92 Å². The number of hydrogen-bond acceptors (Lipinski definition) is 3. The molecule has 13 heavy (non-hydrogen) atoms. The molecule has 2 aromatic rings. The molecular formula is C9H7ClN2S. The van der Waals surface area contributed by atoms with Crippen LogP contribution in [0.4, 0.5) is 0 Å². The molecule has 2 heterocycles. The summed E-state index contributed by atoms with van der Waals surface area (Å²) in [4.78, 5) is 8.22. The molecule has 2 rings (SSSR count). The van der Waals surface area contributed by atoms with E-state index in [-0.39, 0.29) is 0 Å². The summed E-state index contributed by atoms with van der Waals surface area (Å²) in [5, 5.41) is 3.33. The third kappa shape index (κ3) is 1.71. The van der Waals surface area contributed by atoms with Gasteiger partial charge in [-0.15, -0.1) is 11.3 Å². The Balaban J connectivity index is 2.52. The predicted octanol–water partition coefficient (Wildman–Crippen LogP) is 3.17. The highest BCUT2D eigenvalue weighted by Gasteiger charge is 2.05. The Labute approximate surface area is 85.2 Å². The van der Waals surface area contributed by atoms with Crippen molar-refractivity contribution in [3.63, 3.8) is 0 Å². The van der Waals surface area contributed by atoms with Crippen LogP contribution in [-0.2, 0) is 0 Å². The highest BCUT2D eigenvalue weighted by atomic mass is 35.5. The lowest BCUT2D eigenvalue weighted by Crippen LogP contribution is -1.82. The molecule has 0 aliphatic heterocycles. The van der Waals surface area contributed by atoms with Gasteiger partial charge in [0.2, 0.25) is 0 Å². The van der Waals surface area contributed by atoms with Gasteiger partial charge >= 0.3 is 0 Å². The van der Waals surface area contributed by atoms with E-state index in [1.165, 1.54) is 0 Å². The number of halogens is 1. The van der Waals surface area contributed by atoms with Crippen molar-refractivity contribution in [3.8, 4) is 10.6 Å². The average Bonchev–Trinajstić information content (AvgIpc) is 2.53. The van der Waals surface area contributed by atoms with E-state index in [9.17, 15) is 0 Å². The maximum atomic E-state index is 5.75. The third-order valence-electron chi connectivity index (χ3n) is 1.73. The standard InChI is InChI=1S/C9H7ClN2S/c1-6-4-11-3-2-7(6)9-12-8(10)5-13-9/h2-5H,1H3. The van der Waals surface area contributed by atoms with Crippen LogP contribution < -0.4 is 0 Å². The number of pyridine rings is 1. The number of aryl methyl sites for hydroxylation is 1. The summed E-state index contributed by atoms with van der Waals surface area (Å²) < 4.78 is 0. The maximum Gasteiger partial charge on any atom is 0.140 e. The first-order valence-corrected chi connectivity index (χ1v) is 5.05. The maximum absolute atomic E-state index is 5.75. The number of thiazole rings is 1. The predicted molar refractivity (Wildman–Crippen MR) is 55.1 cm³/mol. The quantitative estimate of drug-likeness (QED) is 0.723. The minimum absolute atomic E-state index is 0.552. The first-order chi connectivity index (χ1) is 6.27. The van der Waals surface area contributed by atoms with E-state index in [1.54, 1.807) is 17.5 Å². The van der Waals surface area contributed by atoms with E-state index in [0.717, 1.165) is 16.1 Å². The van der Waals surface area contributed by atoms with Gasteiger partial charge in [-0.05, 0) is 18.6 Å². The molecule has 0 radical (unpaired) electrons. The van der Waals surface area contributed by atoms with Gasteiger partial charge in [-0.3, -0.25) is 4.98 Å². The minimum Gasteiger partial charge on any atom is -0.264 e. The second-order valence-corrected chi connectivity index (χ2v) is 3.91. The van der Waals surface area contributed by atoms with Crippen molar-refractivity contribution in [2.45, 2.75) is 6.92 Å². The largest absolute Gasteiger partial charge is 0.264 e. The van der Waals surface area contributed by atoms with E-state index >= 15 is 0 Å². The third-order valence-corrected chi connectivity index (χ3v) is 2.93. The van der Waals surface area contributed by atoms with Crippen molar-refractivity contribution < 1.29 is 0 Å². The van der Waals surface area contributed by atoms with Crippen molar-refractivity contribution in [2.24, 2.45) is 0 Å². The molecule has 0 N–H and O–H groups in total. The van der Waals surface area contributed by atoms with Crippen molar-refractivity contribution in [3.05, 3.63) is 34.6 Å². The molecule has 0 unspecified atom stereocenters. The lowest BCUT2D eigenvalue weighted by atomic mass is 10.2. The first kappa shape index (κ1) is 8.66. The van der Waals surface area contributed by atoms with E-state index in [1.807, 2.05) is 24.6 Å². The SMILES string of the molecule is Cc1cnccc1-c1nc(Cl)cs1. The van der Waals surface area contributed by atoms with Crippen molar-refractivity contribution in [2.75, 3.05) is 0 Å². The second-order valence-electron chi connectivity index (χ2n) is 2.67. The fourth-order valence-electron chi connectivity index (χ4n) is 1.09. The first-order valence-electron chi connectivity index (χ1n) is 3.79. The summed E-state index contributed by atoms with van der Waals surface area (Å²) in [6, 6.07) is 1.95.